The Hall–Kier alpha value is -3.29. The van der Waals surface area contributed by atoms with E-state index in [2.05, 4.69) is 45.4 Å². The summed E-state index contributed by atoms with van der Waals surface area (Å²) in [7, 11) is 3.88. The second-order valence-corrected chi connectivity index (χ2v) is 8.97. The van der Waals surface area contributed by atoms with Crippen LogP contribution in [0.15, 0.2) is 47.5 Å². The van der Waals surface area contributed by atoms with E-state index in [0.717, 1.165) is 41.2 Å². The number of rotatable bonds is 9. The third-order valence-electron chi connectivity index (χ3n) is 6.43. The number of fused-ring (bicyclic) bond motifs is 1. The fourth-order valence-electron chi connectivity index (χ4n) is 4.57. The van der Waals surface area contributed by atoms with E-state index < -0.39 is 0 Å². The predicted octanol–water partition coefficient (Wildman–Crippen LogP) is 3.64. The smallest absolute Gasteiger partial charge is 0.0868 e. The lowest BCUT2D eigenvalue weighted by molar-refractivity contribution is 0.388. The molecule has 33 heavy (non-hydrogen) atoms. The summed E-state index contributed by atoms with van der Waals surface area (Å²) in [6.45, 7) is 4.25. The van der Waals surface area contributed by atoms with Crippen LogP contribution in [0.3, 0.4) is 0 Å². The number of anilines is 1. The Morgan fingerprint density at radius 3 is 2.88 bits per heavy atom. The number of aromatic nitrogens is 1. The first kappa shape index (κ1) is 22.9. The van der Waals surface area contributed by atoms with Crippen molar-refractivity contribution in [2.45, 2.75) is 18.9 Å². The molecule has 2 heterocycles. The van der Waals surface area contributed by atoms with Crippen LogP contribution in [0.4, 0.5) is 5.69 Å². The highest BCUT2D eigenvalue weighted by Gasteiger charge is 2.19. The van der Waals surface area contributed by atoms with E-state index in [9.17, 15) is 0 Å². The van der Waals surface area contributed by atoms with E-state index in [1.807, 2.05) is 18.2 Å². The zero-order valence-electron chi connectivity index (χ0n) is 19.4. The van der Waals surface area contributed by atoms with Gasteiger partial charge in [-0.25, -0.2) is 0 Å². The Morgan fingerprint density at radius 1 is 1.30 bits per heavy atom. The van der Waals surface area contributed by atoms with Crippen molar-refractivity contribution in [3.63, 3.8) is 0 Å². The molecule has 0 spiro atoms. The third-order valence-corrected chi connectivity index (χ3v) is 6.43. The van der Waals surface area contributed by atoms with Gasteiger partial charge in [0.15, 0.2) is 0 Å². The summed E-state index contributed by atoms with van der Waals surface area (Å²) in [6, 6.07) is 14.0. The Labute approximate surface area is 195 Å². The number of nitrogens with one attached hydrogen (secondary N) is 4. The number of aliphatic imine (C=N–C) groups is 1. The van der Waals surface area contributed by atoms with Crippen molar-refractivity contribution in [1.82, 2.24) is 15.2 Å². The van der Waals surface area contributed by atoms with Gasteiger partial charge >= 0.3 is 0 Å². The van der Waals surface area contributed by atoms with Crippen LogP contribution < -0.4 is 11.1 Å². The lowest BCUT2D eigenvalue weighted by Crippen LogP contribution is -2.24. The number of nitrogens with two attached hydrogens (primary N) is 1. The lowest BCUT2D eigenvalue weighted by Gasteiger charge is -2.12. The number of H-pyrrole nitrogens is 1. The molecule has 1 fully saturated rings. The Balaban J connectivity index is 1.50. The molecule has 1 saturated heterocycles. The zero-order valence-corrected chi connectivity index (χ0v) is 19.4. The number of hydrogen-bond acceptors (Lipinski definition) is 6. The molecular weight excluding hydrogens is 410 g/mol. The van der Waals surface area contributed by atoms with Gasteiger partial charge in [-0.3, -0.25) is 10.4 Å². The largest absolute Gasteiger partial charge is 0.398 e. The van der Waals surface area contributed by atoms with Crippen LogP contribution in [0, 0.1) is 16.7 Å². The van der Waals surface area contributed by atoms with E-state index in [1.165, 1.54) is 31.3 Å². The maximum Gasteiger partial charge on any atom is 0.0868 e. The molecule has 172 valence electrons. The van der Waals surface area contributed by atoms with Crippen LogP contribution in [0.5, 0.6) is 0 Å². The minimum atomic E-state index is -0.232. The molecule has 1 aliphatic heterocycles. The second kappa shape index (κ2) is 10.1. The Bertz CT molecular complexity index is 1180. The number of nitrogens with zero attached hydrogens (tertiary/aromatic N) is 2. The molecule has 3 aromatic rings. The number of likely N-dealkylation sites (tertiary alicyclic amines) is 1. The second-order valence-electron chi connectivity index (χ2n) is 8.97. The molecule has 6 N–H and O–H groups in total. The maximum absolute atomic E-state index is 8.80. The van der Waals surface area contributed by atoms with Gasteiger partial charge < -0.3 is 26.3 Å². The SMILES string of the molecule is CN=CC(C=N)c1ccc(N)c(C(=N)c2cc3cc(CNCC4CCN(C)C4)ccc3[nH]2)c1. The minimum Gasteiger partial charge on any atom is -0.398 e. The monoisotopic (exact) mass is 443 g/mol. The first-order chi connectivity index (χ1) is 16.0. The molecule has 0 amide bonds. The van der Waals surface area contributed by atoms with Crippen molar-refractivity contribution in [3.05, 3.63) is 64.8 Å². The van der Waals surface area contributed by atoms with Gasteiger partial charge in [-0.2, -0.15) is 0 Å². The minimum absolute atomic E-state index is 0.232. The highest BCUT2D eigenvalue weighted by Crippen LogP contribution is 2.24. The molecular formula is C26H33N7. The number of hydrogen-bond donors (Lipinski definition) is 5. The first-order valence-electron chi connectivity index (χ1n) is 11.4. The quantitative estimate of drug-likeness (QED) is 0.257. The molecule has 7 nitrogen and oxygen atoms in total. The van der Waals surface area contributed by atoms with Crippen molar-refractivity contribution in [3.8, 4) is 0 Å². The van der Waals surface area contributed by atoms with Crippen LogP contribution in [0.1, 0.15) is 34.7 Å². The van der Waals surface area contributed by atoms with Gasteiger partial charge in [0.25, 0.3) is 0 Å². The van der Waals surface area contributed by atoms with Crippen LogP contribution in [0.25, 0.3) is 10.9 Å². The number of nitrogen functional groups attached to an aromatic ring is 1. The molecule has 0 saturated carbocycles. The van der Waals surface area contributed by atoms with Gasteiger partial charge in [0.05, 0.1) is 17.3 Å². The molecule has 7 heteroatoms. The summed E-state index contributed by atoms with van der Waals surface area (Å²) < 4.78 is 0. The molecule has 0 aliphatic carbocycles. The lowest BCUT2D eigenvalue weighted by atomic mass is 9.95. The maximum atomic E-state index is 8.80. The van der Waals surface area contributed by atoms with Crippen LogP contribution in [-0.2, 0) is 6.54 Å². The van der Waals surface area contributed by atoms with Crippen molar-refractivity contribution < 1.29 is 0 Å². The molecule has 0 bridgehead atoms. The molecule has 2 atom stereocenters. The summed E-state index contributed by atoms with van der Waals surface area (Å²) in [5, 5.41) is 21.2. The highest BCUT2D eigenvalue weighted by molar-refractivity contribution is 6.14. The molecule has 2 unspecified atom stereocenters. The summed E-state index contributed by atoms with van der Waals surface area (Å²) in [5.41, 5.74) is 11.6. The van der Waals surface area contributed by atoms with E-state index in [4.69, 9.17) is 16.6 Å². The molecule has 1 aliphatic rings. The van der Waals surface area contributed by atoms with E-state index >= 15 is 0 Å². The van der Waals surface area contributed by atoms with Crippen molar-refractivity contribution in [2.24, 2.45) is 10.9 Å². The van der Waals surface area contributed by atoms with Crippen molar-refractivity contribution in [2.75, 3.05) is 39.5 Å². The third kappa shape index (κ3) is 5.21. The zero-order chi connectivity index (χ0) is 23.4. The van der Waals surface area contributed by atoms with Gasteiger partial charge in [0.1, 0.15) is 0 Å². The van der Waals surface area contributed by atoms with Gasteiger partial charge in [-0.15, -0.1) is 0 Å². The number of aromatic amines is 1. The fraction of sp³-hybridized carbons (Fsp3) is 0.346. The number of benzene rings is 2. The van der Waals surface area contributed by atoms with Gasteiger partial charge in [-0.1, -0.05) is 12.1 Å². The summed E-state index contributed by atoms with van der Waals surface area (Å²) in [5.74, 6) is 0.500. The summed E-state index contributed by atoms with van der Waals surface area (Å²) >= 11 is 0. The van der Waals surface area contributed by atoms with Crippen LogP contribution in [0.2, 0.25) is 0 Å². The topological polar surface area (TPSA) is 117 Å². The summed E-state index contributed by atoms with van der Waals surface area (Å²) in [4.78, 5) is 9.80. The molecule has 0 radical (unpaired) electrons. The van der Waals surface area contributed by atoms with E-state index in [1.54, 1.807) is 19.3 Å². The van der Waals surface area contributed by atoms with Gasteiger partial charge in [0.2, 0.25) is 0 Å². The highest BCUT2D eigenvalue weighted by atomic mass is 15.1. The molecule has 1 aromatic heterocycles. The Kier molecular flexibility index (Phi) is 7.01. The van der Waals surface area contributed by atoms with E-state index in [-0.39, 0.29) is 5.92 Å². The van der Waals surface area contributed by atoms with Crippen molar-refractivity contribution >= 4 is 34.7 Å². The average molecular weight is 444 g/mol. The average Bonchev–Trinajstić information content (AvgIpc) is 3.43. The van der Waals surface area contributed by atoms with Crippen molar-refractivity contribution in [1.29, 1.82) is 10.8 Å². The summed E-state index contributed by atoms with van der Waals surface area (Å²) in [6.07, 6.45) is 4.33. The van der Waals surface area contributed by atoms with Crippen LogP contribution >= 0.6 is 0 Å². The Morgan fingerprint density at radius 2 is 2.15 bits per heavy atom. The molecule has 2 aromatic carbocycles. The van der Waals surface area contributed by atoms with Crippen LogP contribution in [-0.4, -0.2) is 61.8 Å². The first-order valence-corrected chi connectivity index (χ1v) is 11.4. The standard InChI is InChI=1S/C26H33N7/c1-30-15-21(12-27)19-4-5-23(28)22(10-19)26(29)25-11-20-9-17(3-6-24(20)32-25)13-31-14-18-7-8-33(2)16-18/h3-6,9-12,15,18,21,27,29,31-32H,7-8,13-14,16,28H2,1-2H3. The van der Waals surface area contributed by atoms with Gasteiger partial charge in [0, 0.05) is 54.7 Å². The van der Waals surface area contributed by atoms with E-state index in [0.29, 0.717) is 17.0 Å². The normalized spacial score (nSPS) is 17.7. The predicted molar refractivity (Wildman–Crippen MR) is 138 cm³/mol. The fourth-order valence-corrected chi connectivity index (χ4v) is 4.57. The van der Waals surface area contributed by atoms with Gasteiger partial charge in [-0.05, 0) is 73.9 Å². The molecule has 4 rings (SSSR count).